The largest absolute Gasteiger partial charge is 0.355 e. The maximum absolute atomic E-state index is 13.9. The van der Waals surface area contributed by atoms with Crippen LogP contribution in [0.5, 0.6) is 0 Å². The Kier molecular flexibility index (Phi) is 7.90. The maximum atomic E-state index is 13.9. The number of carbonyl (C=O) groups is 1. The van der Waals surface area contributed by atoms with E-state index in [0.717, 1.165) is 53.1 Å². The first-order chi connectivity index (χ1) is 18.6. The molecule has 0 fully saturated rings. The molecule has 0 saturated heterocycles. The van der Waals surface area contributed by atoms with Gasteiger partial charge in [0, 0.05) is 12.1 Å². The van der Waals surface area contributed by atoms with Gasteiger partial charge in [0.05, 0.1) is 10.9 Å². The first kappa shape index (κ1) is 25.4. The Morgan fingerprint density at radius 1 is 0.763 bits per heavy atom. The molecular formula is C32H32N4O2. The zero-order chi connectivity index (χ0) is 26.3. The van der Waals surface area contributed by atoms with E-state index in [1.165, 1.54) is 4.57 Å². The molecule has 6 heteroatoms. The predicted molar refractivity (Wildman–Crippen MR) is 155 cm³/mol. The number of nitrogens with one attached hydrogen (secondary N) is 1. The number of nitrogens with two attached hydrogens (primary N) is 1. The fraction of sp³-hybridized carbons (Fsp3) is 0.219. The summed E-state index contributed by atoms with van der Waals surface area (Å²) in [7, 11) is 0. The number of hydrogen-bond acceptors (Lipinski definition) is 4. The summed E-state index contributed by atoms with van der Waals surface area (Å²) in [6.45, 7) is 1.17. The summed E-state index contributed by atoms with van der Waals surface area (Å²) >= 11 is 0. The van der Waals surface area contributed by atoms with Gasteiger partial charge in [-0.2, -0.15) is 0 Å². The molecule has 1 heterocycles. The average Bonchev–Trinajstić information content (AvgIpc) is 2.96. The van der Waals surface area contributed by atoms with Crippen LogP contribution in [0, 0.1) is 0 Å². The number of rotatable bonds is 10. The van der Waals surface area contributed by atoms with E-state index >= 15 is 0 Å². The number of hydrogen-bond donors (Lipinski definition) is 2. The van der Waals surface area contributed by atoms with Gasteiger partial charge in [0.15, 0.2) is 0 Å². The molecule has 1 aromatic heterocycles. The van der Waals surface area contributed by atoms with Gasteiger partial charge in [-0.05, 0) is 59.5 Å². The molecule has 1 amide bonds. The third kappa shape index (κ3) is 5.66. The lowest BCUT2D eigenvalue weighted by atomic mass is 10.0. The van der Waals surface area contributed by atoms with Crippen LogP contribution in [0.2, 0.25) is 0 Å². The minimum atomic E-state index is -0.228. The normalized spacial score (nSPS) is 11.2. The number of carbonyl (C=O) groups excluding carboxylic acids is 1. The van der Waals surface area contributed by atoms with E-state index in [2.05, 4.69) is 5.32 Å². The van der Waals surface area contributed by atoms with Crippen molar-refractivity contribution in [3.63, 3.8) is 0 Å². The molecule has 5 aromatic rings. The molecule has 0 radical (unpaired) electrons. The fourth-order valence-corrected chi connectivity index (χ4v) is 4.78. The molecule has 6 nitrogen and oxygen atoms in total. The van der Waals surface area contributed by atoms with Crippen molar-refractivity contribution in [1.29, 1.82) is 0 Å². The molecule has 5 rings (SSSR count). The van der Waals surface area contributed by atoms with Crippen LogP contribution in [0.25, 0.3) is 44.2 Å². The molecule has 0 bridgehead atoms. The van der Waals surface area contributed by atoms with E-state index in [0.29, 0.717) is 29.8 Å². The van der Waals surface area contributed by atoms with E-state index in [1.54, 1.807) is 0 Å². The highest BCUT2D eigenvalue weighted by Crippen LogP contribution is 2.26. The number of unbranched alkanes of at least 4 members (excludes halogenated alkanes) is 3. The number of fused-ring (bicyclic) bond motifs is 2. The number of aromatic nitrogens is 2. The molecular weight excluding hydrogens is 472 g/mol. The molecule has 3 N–H and O–H groups in total. The highest BCUT2D eigenvalue weighted by molar-refractivity contribution is 5.89. The zero-order valence-electron chi connectivity index (χ0n) is 21.4. The van der Waals surface area contributed by atoms with Crippen LogP contribution >= 0.6 is 0 Å². The summed E-state index contributed by atoms with van der Waals surface area (Å²) in [6, 6.07) is 29.7. The topological polar surface area (TPSA) is 90.0 Å². The maximum Gasteiger partial charge on any atom is 0.262 e. The van der Waals surface area contributed by atoms with Gasteiger partial charge in [-0.25, -0.2) is 4.98 Å². The molecule has 38 heavy (non-hydrogen) atoms. The number of benzene rings is 4. The van der Waals surface area contributed by atoms with E-state index in [9.17, 15) is 9.59 Å². The Morgan fingerprint density at radius 3 is 2.32 bits per heavy atom. The summed E-state index contributed by atoms with van der Waals surface area (Å²) in [5.74, 6) is 0.284. The lowest BCUT2D eigenvalue weighted by molar-refractivity contribution is -0.121. The zero-order valence-corrected chi connectivity index (χ0v) is 21.4. The lowest BCUT2D eigenvalue weighted by Crippen LogP contribution is -2.34. The minimum Gasteiger partial charge on any atom is -0.355 e. The highest BCUT2D eigenvalue weighted by Gasteiger charge is 2.17. The summed E-state index contributed by atoms with van der Waals surface area (Å²) in [5.41, 5.74) is 8.69. The Hall–Kier alpha value is -4.29. The van der Waals surface area contributed by atoms with Crippen molar-refractivity contribution in [3.05, 3.63) is 101 Å². The molecule has 0 aliphatic rings. The van der Waals surface area contributed by atoms with Crippen molar-refractivity contribution in [2.75, 3.05) is 13.1 Å². The molecule has 0 aliphatic carbocycles. The Bertz CT molecular complexity index is 1630. The Labute approximate surface area is 222 Å². The van der Waals surface area contributed by atoms with E-state index in [4.69, 9.17) is 10.7 Å². The van der Waals surface area contributed by atoms with E-state index in [1.807, 2.05) is 91.0 Å². The molecule has 0 unspecified atom stereocenters. The standard InChI is InChI=1S/C32H32N4O2/c33-18-8-1-2-9-19-34-30(37)22-36-31(27-15-14-24-12-6-7-13-25(24)20-27)35-29-17-16-26(21-28(29)32(36)38)23-10-4-3-5-11-23/h3-7,10-17,20-21H,1-2,8-9,18-19,22,33H2,(H,34,37). The van der Waals surface area contributed by atoms with Gasteiger partial charge in [-0.3, -0.25) is 14.2 Å². The highest BCUT2D eigenvalue weighted by atomic mass is 16.2. The molecule has 0 aliphatic heterocycles. The SMILES string of the molecule is NCCCCCCNC(=O)Cn1c(-c2ccc3ccccc3c2)nc2ccc(-c3ccccc3)cc2c1=O. The third-order valence-corrected chi connectivity index (χ3v) is 6.82. The molecule has 0 saturated carbocycles. The lowest BCUT2D eigenvalue weighted by Gasteiger charge is -2.15. The van der Waals surface area contributed by atoms with Crippen LogP contribution in [0.15, 0.2) is 95.8 Å². The van der Waals surface area contributed by atoms with Gasteiger partial charge in [0.1, 0.15) is 12.4 Å². The van der Waals surface area contributed by atoms with E-state index in [-0.39, 0.29) is 18.0 Å². The van der Waals surface area contributed by atoms with Crippen LogP contribution in [0.3, 0.4) is 0 Å². The first-order valence-electron chi connectivity index (χ1n) is 13.2. The second-order valence-electron chi connectivity index (χ2n) is 9.54. The van der Waals surface area contributed by atoms with Crippen LogP contribution in [0.4, 0.5) is 0 Å². The fourth-order valence-electron chi connectivity index (χ4n) is 4.78. The third-order valence-electron chi connectivity index (χ3n) is 6.82. The average molecular weight is 505 g/mol. The Morgan fingerprint density at radius 2 is 1.50 bits per heavy atom. The summed E-state index contributed by atoms with van der Waals surface area (Å²) in [5, 5.41) is 5.61. The van der Waals surface area contributed by atoms with Crippen molar-refractivity contribution in [1.82, 2.24) is 14.9 Å². The van der Waals surface area contributed by atoms with Crippen molar-refractivity contribution in [2.24, 2.45) is 5.73 Å². The van der Waals surface area contributed by atoms with Gasteiger partial charge >= 0.3 is 0 Å². The van der Waals surface area contributed by atoms with Gasteiger partial charge in [0.25, 0.3) is 5.56 Å². The van der Waals surface area contributed by atoms with Gasteiger partial charge in [0.2, 0.25) is 5.91 Å². The second kappa shape index (κ2) is 11.8. The number of amides is 1. The van der Waals surface area contributed by atoms with Crippen LogP contribution in [0.1, 0.15) is 25.7 Å². The summed E-state index contributed by atoms with van der Waals surface area (Å²) in [6.07, 6.45) is 3.94. The van der Waals surface area contributed by atoms with Crippen molar-refractivity contribution in [3.8, 4) is 22.5 Å². The van der Waals surface area contributed by atoms with Crippen molar-refractivity contribution in [2.45, 2.75) is 32.2 Å². The number of nitrogens with zero attached hydrogens (tertiary/aromatic N) is 2. The van der Waals surface area contributed by atoms with Gasteiger partial charge < -0.3 is 11.1 Å². The molecule has 0 atom stereocenters. The van der Waals surface area contributed by atoms with Crippen LogP contribution in [-0.2, 0) is 11.3 Å². The molecule has 0 spiro atoms. The predicted octanol–water partition coefficient (Wildman–Crippen LogP) is 5.52. The van der Waals surface area contributed by atoms with Gasteiger partial charge in [-0.15, -0.1) is 0 Å². The Balaban J connectivity index is 1.53. The summed E-state index contributed by atoms with van der Waals surface area (Å²) < 4.78 is 1.50. The molecule has 4 aromatic carbocycles. The quantitative estimate of drug-likeness (QED) is 0.245. The first-order valence-corrected chi connectivity index (χ1v) is 13.2. The van der Waals surface area contributed by atoms with E-state index < -0.39 is 0 Å². The van der Waals surface area contributed by atoms with Crippen molar-refractivity contribution >= 4 is 27.6 Å². The van der Waals surface area contributed by atoms with Gasteiger partial charge in [-0.1, -0.05) is 85.6 Å². The van der Waals surface area contributed by atoms with Crippen molar-refractivity contribution < 1.29 is 4.79 Å². The minimum absolute atomic E-state index is 0.0949. The second-order valence-corrected chi connectivity index (χ2v) is 9.54. The summed E-state index contributed by atoms with van der Waals surface area (Å²) in [4.78, 5) is 31.7. The molecule has 192 valence electrons. The smallest absolute Gasteiger partial charge is 0.262 e. The van der Waals surface area contributed by atoms with Crippen LogP contribution < -0.4 is 16.6 Å². The monoisotopic (exact) mass is 504 g/mol. The van der Waals surface area contributed by atoms with Crippen LogP contribution in [-0.4, -0.2) is 28.5 Å².